The third-order valence-electron chi connectivity index (χ3n) is 6.09. The second-order valence-electron chi connectivity index (χ2n) is 8.37. The molecule has 176 valence electrons. The van der Waals surface area contributed by atoms with E-state index in [0.717, 1.165) is 58.7 Å². The van der Waals surface area contributed by atoms with Crippen LogP contribution in [-0.4, -0.2) is 18.8 Å². The zero-order chi connectivity index (χ0) is 24.1. The van der Waals surface area contributed by atoms with Crippen molar-refractivity contribution in [3.05, 3.63) is 99.7 Å². The number of aromatic hydroxyl groups is 1. The van der Waals surface area contributed by atoms with E-state index in [-0.39, 0.29) is 5.75 Å². The first-order valence-electron chi connectivity index (χ1n) is 11.5. The molecule has 0 unspecified atom stereocenters. The standard InChI is InChI=1S/C29H30ClNO3/c1-4-26-29(21-6-5-7-23(16-21)33-3)28(19(2)14-15-31-26)25-13-12-24(17-27(25)32)34-18-20-8-10-22(30)11-9-20/h5-13,16-17,31-32H,4,14-15,18H2,1-3H3. The lowest BCUT2D eigenvalue weighted by Gasteiger charge is -2.20. The molecule has 0 radical (unpaired) electrons. The van der Waals surface area contributed by atoms with Gasteiger partial charge < -0.3 is 19.9 Å². The summed E-state index contributed by atoms with van der Waals surface area (Å²) in [6.07, 6.45) is 1.74. The van der Waals surface area contributed by atoms with E-state index in [9.17, 15) is 5.11 Å². The molecule has 0 amide bonds. The predicted octanol–water partition coefficient (Wildman–Crippen LogP) is 7.22. The minimum Gasteiger partial charge on any atom is -0.507 e. The van der Waals surface area contributed by atoms with Crippen LogP contribution in [0.4, 0.5) is 0 Å². The summed E-state index contributed by atoms with van der Waals surface area (Å²) < 4.78 is 11.4. The molecule has 1 aliphatic rings. The van der Waals surface area contributed by atoms with Crippen molar-refractivity contribution in [1.29, 1.82) is 0 Å². The highest BCUT2D eigenvalue weighted by Crippen LogP contribution is 2.43. The molecule has 34 heavy (non-hydrogen) atoms. The Bertz CT molecular complexity index is 1230. The monoisotopic (exact) mass is 475 g/mol. The lowest BCUT2D eigenvalue weighted by atomic mass is 9.86. The third kappa shape index (κ3) is 5.23. The predicted molar refractivity (Wildman–Crippen MR) is 139 cm³/mol. The van der Waals surface area contributed by atoms with Gasteiger partial charge in [-0.1, -0.05) is 48.4 Å². The number of allylic oxidation sites excluding steroid dienone is 3. The van der Waals surface area contributed by atoms with Gasteiger partial charge in [-0.05, 0) is 72.9 Å². The summed E-state index contributed by atoms with van der Waals surface area (Å²) in [6, 6.07) is 21.2. The third-order valence-corrected chi connectivity index (χ3v) is 6.34. The molecule has 0 saturated heterocycles. The summed E-state index contributed by atoms with van der Waals surface area (Å²) in [7, 11) is 1.68. The summed E-state index contributed by atoms with van der Waals surface area (Å²) in [4.78, 5) is 0. The number of methoxy groups -OCH3 is 1. The molecule has 0 aromatic heterocycles. The van der Waals surface area contributed by atoms with Crippen molar-refractivity contribution < 1.29 is 14.6 Å². The molecule has 4 nitrogen and oxygen atoms in total. The second kappa shape index (κ2) is 10.7. The number of ether oxygens (including phenoxy) is 2. The molecule has 2 N–H and O–H groups in total. The fourth-order valence-corrected chi connectivity index (χ4v) is 4.43. The van der Waals surface area contributed by atoms with Gasteiger partial charge in [0, 0.05) is 34.5 Å². The van der Waals surface area contributed by atoms with Gasteiger partial charge in [-0.2, -0.15) is 0 Å². The number of phenolic OH excluding ortho intramolecular Hbond substituents is 1. The highest BCUT2D eigenvalue weighted by Gasteiger charge is 2.23. The van der Waals surface area contributed by atoms with E-state index in [4.69, 9.17) is 21.1 Å². The Balaban J connectivity index is 1.71. The topological polar surface area (TPSA) is 50.7 Å². The van der Waals surface area contributed by atoms with Crippen LogP contribution < -0.4 is 14.8 Å². The van der Waals surface area contributed by atoms with Crippen molar-refractivity contribution in [2.24, 2.45) is 0 Å². The number of nitrogens with one attached hydrogen (secondary N) is 1. The Morgan fingerprint density at radius 2 is 1.76 bits per heavy atom. The average Bonchev–Trinajstić information content (AvgIpc) is 3.02. The van der Waals surface area contributed by atoms with Gasteiger partial charge in [0.15, 0.2) is 0 Å². The van der Waals surface area contributed by atoms with Crippen LogP contribution in [0.15, 0.2) is 78.0 Å². The van der Waals surface area contributed by atoms with Gasteiger partial charge >= 0.3 is 0 Å². The van der Waals surface area contributed by atoms with Gasteiger partial charge in [0.05, 0.1) is 7.11 Å². The van der Waals surface area contributed by atoms with Crippen LogP contribution in [0.25, 0.3) is 11.1 Å². The molecule has 1 aliphatic heterocycles. The van der Waals surface area contributed by atoms with Gasteiger partial charge in [0.25, 0.3) is 0 Å². The first-order valence-corrected chi connectivity index (χ1v) is 11.9. The quantitative estimate of drug-likeness (QED) is 0.378. The summed E-state index contributed by atoms with van der Waals surface area (Å²) in [5.74, 6) is 1.61. The molecule has 3 aromatic rings. The van der Waals surface area contributed by atoms with E-state index in [1.54, 1.807) is 13.2 Å². The van der Waals surface area contributed by atoms with E-state index < -0.39 is 0 Å². The van der Waals surface area contributed by atoms with E-state index in [2.05, 4.69) is 25.2 Å². The molecule has 0 fully saturated rings. The fourth-order valence-electron chi connectivity index (χ4n) is 4.30. The van der Waals surface area contributed by atoms with Crippen LogP contribution >= 0.6 is 11.6 Å². The SMILES string of the molecule is CCC1=C(c2cccc(OC)c2)C(c2ccc(OCc3ccc(Cl)cc3)cc2O)=C(C)CCN1. The highest BCUT2D eigenvalue weighted by atomic mass is 35.5. The van der Waals surface area contributed by atoms with Crippen molar-refractivity contribution in [1.82, 2.24) is 5.32 Å². The summed E-state index contributed by atoms with van der Waals surface area (Å²) in [5.41, 5.74) is 7.39. The Labute approximate surface area is 206 Å². The minimum atomic E-state index is 0.195. The Hall–Kier alpha value is -3.37. The maximum Gasteiger partial charge on any atom is 0.127 e. The molecule has 4 rings (SSSR count). The largest absolute Gasteiger partial charge is 0.507 e. The van der Waals surface area contributed by atoms with Crippen molar-refractivity contribution in [3.8, 4) is 17.2 Å². The van der Waals surface area contributed by atoms with Crippen LogP contribution in [-0.2, 0) is 6.61 Å². The van der Waals surface area contributed by atoms with Crippen molar-refractivity contribution in [3.63, 3.8) is 0 Å². The van der Waals surface area contributed by atoms with Gasteiger partial charge in [-0.15, -0.1) is 0 Å². The number of benzene rings is 3. The van der Waals surface area contributed by atoms with Gasteiger partial charge in [0.2, 0.25) is 0 Å². The Morgan fingerprint density at radius 1 is 0.971 bits per heavy atom. The molecule has 0 aliphatic carbocycles. The summed E-state index contributed by atoms with van der Waals surface area (Å²) >= 11 is 5.96. The minimum absolute atomic E-state index is 0.195. The second-order valence-corrected chi connectivity index (χ2v) is 8.80. The number of hydrogen-bond acceptors (Lipinski definition) is 4. The van der Waals surface area contributed by atoms with Crippen LogP contribution in [0, 0.1) is 0 Å². The van der Waals surface area contributed by atoms with Crippen LogP contribution in [0.2, 0.25) is 5.02 Å². The summed E-state index contributed by atoms with van der Waals surface area (Å²) in [6.45, 7) is 5.54. The zero-order valence-corrected chi connectivity index (χ0v) is 20.6. The number of halogens is 1. The van der Waals surface area contributed by atoms with E-state index in [1.165, 1.54) is 5.57 Å². The zero-order valence-electron chi connectivity index (χ0n) is 19.8. The first-order chi connectivity index (χ1) is 16.5. The lowest BCUT2D eigenvalue weighted by molar-refractivity contribution is 0.304. The van der Waals surface area contributed by atoms with Crippen molar-refractivity contribution in [2.45, 2.75) is 33.3 Å². The molecule has 0 atom stereocenters. The van der Waals surface area contributed by atoms with Crippen LogP contribution in [0.1, 0.15) is 43.4 Å². The van der Waals surface area contributed by atoms with E-state index >= 15 is 0 Å². The molecular formula is C29H30ClNO3. The molecule has 5 heteroatoms. The number of phenols is 1. The Morgan fingerprint density at radius 3 is 2.47 bits per heavy atom. The maximum absolute atomic E-state index is 11.1. The van der Waals surface area contributed by atoms with E-state index in [1.807, 2.05) is 54.6 Å². The molecule has 0 spiro atoms. The molecule has 0 bridgehead atoms. The highest BCUT2D eigenvalue weighted by molar-refractivity contribution is 6.30. The van der Waals surface area contributed by atoms with Gasteiger partial charge in [0.1, 0.15) is 23.9 Å². The fraction of sp³-hybridized carbons (Fsp3) is 0.241. The molecule has 3 aromatic carbocycles. The van der Waals surface area contributed by atoms with Crippen LogP contribution in [0.3, 0.4) is 0 Å². The molecular weight excluding hydrogens is 446 g/mol. The normalized spacial score (nSPS) is 14.0. The van der Waals surface area contributed by atoms with Gasteiger partial charge in [-0.3, -0.25) is 0 Å². The molecule has 1 heterocycles. The van der Waals surface area contributed by atoms with Gasteiger partial charge in [-0.25, -0.2) is 0 Å². The smallest absolute Gasteiger partial charge is 0.127 e. The summed E-state index contributed by atoms with van der Waals surface area (Å²) in [5, 5.41) is 15.4. The average molecular weight is 476 g/mol. The number of rotatable bonds is 7. The lowest BCUT2D eigenvalue weighted by Crippen LogP contribution is -2.14. The first kappa shape index (κ1) is 23.8. The van der Waals surface area contributed by atoms with Crippen molar-refractivity contribution >= 4 is 22.7 Å². The van der Waals surface area contributed by atoms with E-state index in [0.29, 0.717) is 17.4 Å². The van der Waals surface area contributed by atoms with Crippen molar-refractivity contribution in [2.75, 3.05) is 13.7 Å². The maximum atomic E-state index is 11.1. The number of hydrogen-bond donors (Lipinski definition) is 2. The van der Waals surface area contributed by atoms with Crippen LogP contribution in [0.5, 0.6) is 17.2 Å². The Kier molecular flexibility index (Phi) is 7.49. The molecule has 0 saturated carbocycles.